The van der Waals surface area contributed by atoms with Gasteiger partial charge in [0.25, 0.3) is 0 Å². The standard InChI is InChI=1S/C14H25BrO/c1-3-4-5-6-7-8-9-10-11-14(12-15)13(2)16/h12H,3-11H2,1-2H3/b14-12-. The highest BCUT2D eigenvalue weighted by atomic mass is 79.9. The van der Waals surface area contributed by atoms with Gasteiger partial charge in [-0.3, -0.25) is 4.79 Å². The molecule has 2 heteroatoms. The van der Waals surface area contributed by atoms with E-state index in [1.54, 1.807) is 11.9 Å². The van der Waals surface area contributed by atoms with E-state index in [1.165, 1.54) is 44.9 Å². The second-order valence-corrected chi connectivity index (χ2v) is 4.87. The first-order chi connectivity index (χ1) is 7.72. The zero-order chi connectivity index (χ0) is 12.2. The van der Waals surface area contributed by atoms with Crippen LogP contribution < -0.4 is 0 Å². The van der Waals surface area contributed by atoms with Crippen molar-refractivity contribution in [3.8, 4) is 0 Å². The molecular weight excluding hydrogens is 264 g/mol. The summed E-state index contributed by atoms with van der Waals surface area (Å²) < 4.78 is 0. The number of hydrogen-bond donors (Lipinski definition) is 0. The van der Waals surface area contributed by atoms with Crippen LogP contribution in [0.4, 0.5) is 0 Å². The maximum absolute atomic E-state index is 11.1. The molecule has 0 saturated heterocycles. The van der Waals surface area contributed by atoms with Crippen LogP contribution in [0.2, 0.25) is 0 Å². The maximum atomic E-state index is 11.1. The van der Waals surface area contributed by atoms with Gasteiger partial charge in [0, 0.05) is 5.57 Å². The van der Waals surface area contributed by atoms with Gasteiger partial charge in [0.15, 0.2) is 5.78 Å². The van der Waals surface area contributed by atoms with Gasteiger partial charge in [-0.15, -0.1) is 0 Å². The third-order valence-corrected chi connectivity index (χ3v) is 3.44. The van der Waals surface area contributed by atoms with Gasteiger partial charge in [-0.2, -0.15) is 0 Å². The Bertz CT molecular complexity index is 209. The highest BCUT2D eigenvalue weighted by molar-refractivity contribution is 9.11. The van der Waals surface area contributed by atoms with E-state index < -0.39 is 0 Å². The number of hydrogen-bond acceptors (Lipinski definition) is 1. The zero-order valence-corrected chi connectivity index (χ0v) is 12.3. The predicted molar refractivity (Wildman–Crippen MR) is 74.9 cm³/mol. The van der Waals surface area contributed by atoms with Crippen LogP contribution in [0, 0.1) is 0 Å². The van der Waals surface area contributed by atoms with E-state index >= 15 is 0 Å². The smallest absolute Gasteiger partial charge is 0.156 e. The van der Waals surface area contributed by atoms with Crippen LogP contribution in [0.15, 0.2) is 10.6 Å². The molecule has 0 saturated carbocycles. The van der Waals surface area contributed by atoms with Crippen molar-refractivity contribution in [1.82, 2.24) is 0 Å². The third kappa shape index (κ3) is 9.14. The van der Waals surface area contributed by atoms with Crippen molar-refractivity contribution < 1.29 is 4.79 Å². The molecule has 0 aliphatic heterocycles. The molecule has 0 aromatic carbocycles. The van der Waals surface area contributed by atoms with Crippen LogP contribution >= 0.6 is 15.9 Å². The highest BCUT2D eigenvalue weighted by Crippen LogP contribution is 2.14. The summed E-state index contributed by atoms with van der Waals surface area (Å²) in [6, 6.07) is 0. The summed E-state index contributed by atoms with van der Waals surface area (Å²) in [5, 5.41) is 0. The van der Waals surface area contributed by atoms with Gasteiger partial charge in [-0.05, 0) is 24.8 Å². The first-order valence-electron chi connectivity index (χ1n) is 6.52. The molecule has 1 nitrogen and oxygen atoms in total. The lowest BCUT2D eigenvalue weighted by Gasteiger charge is -2.03. The number of rotatable bonds is 10. The first kappa shape index (κ1) is 15.9. The van der Waals surface area contributed by atoms with Crippen molar-refractivity contribution in [1.29, 1.82) is 0 Å². The van der Waals surface area contributed by atoms with Crippen LogP contribution in [0.3, 0.4) is 0 Å². The molecule has 0 heterocycles. The molecule has 16 heavy (non-hydrogen) atoms. The Morgan fingerprint density at radius 1 is 1.00 bits per heavy atom. The van der Waals surface area contributed by atoms with E-state index in [0.29, 0.717) is 0 Å². The number of unbranched alkanes of at least 4 members (excludes halogenated alkanes) is 7. The van der Waals surface area contributed by atoms with Crippen molar-refractivity contribution in [2.75, 3.05) is 0 Å². The normalized spacial score (nSPS) is 11.8. The lowest BCUT2D eigenvalue weighted by Crippen LogP contribution is -1.95. The Kier molecular flexibility index (Phi) is 11.3. The summed E-state index contributed by atoms with van der Waals surface area (Å²) in [6.45, 7) is 3.88. The molecule has 0 amide bonds. The van der Waals surface area contributed by atoms with Crippen LogP contribution in [0.5, 0.6) is 0 Å². The molecule has 94 valence electrons. The third-order valence-electron chi connectivity index (χ3n) is 2.88. The van der Waals surface area contributed by atoms with E-state index in [0.717, 1.165) is 18.4 Å². The summed E-state index contributed by atoms with van der Waals surface area (Å²) in [7, 11) is 0. The predicted octanol–water partition coefficient (Wildman–Crippen LogP) is 5.39. The van der Waals surface area contributed by atoms with E-state index in [4.69, 9.17) is 0 Å². The van der Waals surface area contributed by atoms with Crippen molar-refractivity contribution >= 4 is 21.7 Å². The fourth-order valence-corrected chi connectivity index (χ4v) is 2.31. The monoisotopic (exact) mass is 288 g/mol. The molecular formula is C14H25BrO. The van der Waals surface area contributed by atoms with Gasteiger partial charge in [-0.25, -0.2) is 0 Å². The first-order valence-corrected chi connectivity index (χ1v) is 7.44. The molecule has 0 radical (unpaired) electrons. The van der Waals surface area contributed by atoms with Crippen LogP contribution in [0.1, 0.15) is 71.6 Å². The Morgan fingerprint density at radius 2 is 1.50 bits per heavy atom. The van der Waals surface area contributed by atoms with E-state index in [1.807, 2.05) is 0 Å². The summed E-state index contributed by atoms with van der Waals surface area (Å²) in [5.74, 6) is 0.194. The van der Waals surface area contributed by atoms with Gasteiger partial charge < -0.3 is 0 Å². The summed E-state index contributed by atoms with van der Waals surface area (Å²) in [6.07, 6.45) is 11.5. The average Bonchev–Trinajstić information content (AvgIpc) is 2.26. The summed E-state index contributed by atoms with van der Waals surface area (Å²) >= 11 is 3.24. The molecule has 0 aromatic rings. The molecule has 0 unspecified atom stereocenters. The summed E-state index contributed by atoms with van der Waals surface area (Å²) in [4.78, 5) is 12.9. The Balaban J connectivity index is 3.30. The highest BCUT2D eigenvalue weighted by Gasteiger charge is 2.02. The number of halogens is 1. The Hall–Kier alpha value is -0.110. The van der Waals surface area contributed by atoms with Gasteiger partial charge in [0.05, 0.1) is 0 Å². The molecule has 0 rings (SSSR count). The van der Waals surface area contributed by atoms with Crippen molar-refractivity contribution in [2.45, 2.75) is 71.6 Å². The van der Waals surface area contributed by atoms with E-state index in [9.17, 15) is 4.79 Å². The topological polar surface area (TPSA) is 17.1 Å². The Labute approximate surface area is 109 Å². The molecule has 0 atom stereocenters. The number of carbonyl (C=O) groups is 1. The van der Waals surface area contributed by atoms with Crippen molar-refractivity contribution in [3.05, 3.63) is 10.6 Å². The quantitative estimate of drug-likeness (QED) is 0.389. The van der Waals surface area contributed by atoms with Gasteiger partial charge >= 0.3 is 0 Å². The van der Waals surface area contributed by atoms with Crippen molar-refractivity contribution in [2.24, 2.45) is 0 Å². The fraction of sp³-hybridized carbons (Fsp3) is 0.786. The molecule has 0 N–H and O–H groups in total. The zero-order valence-electron chi connectivity index (χ0n) is 10.7. The second-order valence-electron chi connectivity index (χ2n) is 4.42. The lowest BCUT2D eigenvalue weighted by molar-refractivity contribution is -0.113. The average molecular weight is 289 g/mol. The number of Topliss-reactive ketones (excluding diaryl/α,β-unsaturated/α-hetero) is 1. The number of carbonyl (C=O) groups excluding carboxylic acids is 1. The van der Waals surface area contributed by atoms with Crippen LogP contribution in [-0.2, 0) is 4.79 Å². The summed E-state index contributed by atoms with van der Waals surface area (Å²) in [5.41, 5.74) is 0.922. The Morgan fingerprint density at radius 3 is 1.94 bits per heavy atom. The molecule has 0 spiro atoms. The second kappa shape index (κ2) is 11.4. The molecule has 0 fully saturated rings. The van der Waals surface area contributed by atoms with Crippen molar-refractivity contribution in [3.63, 3.8) is 0 Å². The van der Waals surface area contributed by atoms with E-state index in [-0.39, 0.29) is 5.78 Å². The van der Waals surface area contributed by atoms with Gasteiger partial charge in [0.1, 0.15) is 0 Å². The molecule has 0 bridgehead atoms. The maximum Gasteiger partial charge on any atom is 0.156 e. The number of ketones is 1. The minimum atomic E-state index is 0.194. The molecule has 0 aliphatic carbocycles. The molecule has 0 aromatic heterocycles. The van der Waals surface area contributed by atoms with Gasteiger partial charge in [-0.1, -0.05) is 67.8 Å². The number of allylic oxidation sites excluding steroid dienone is 1. The minimum Gasteiger partial charge on any atom is -0.295 e. The van der Waals surface area contributed by atoms with Crippen LogP contribution in [0.25, 0.3) is 0 Å². The minimum absolute atomic E-state index is 0.194. The molecule has 0 aliphatic rings. The van der Waals surface area contributed by atoms with E-state index in [2.05, 4.69) is 22.9 Å². The fourth-order valence-electron chi connectivity index (χ4n) is 1.76. The van der Waals surface area contributed by atoms with Gasteiger partial charge in [0.2, 0.25) is 0 Å². The largest absolute Gasteiger partial charge is 0.295 e. The van der Waals surface area contributed by atoms with Crippen LogP contribution in [-0.4, -0.2) is 5.78 Å². The lowest BCUT2D eigenvalue weighted by atomic mass is 10.0. The SMILES string of the molecule is CCCCCCCCCC/C(=C/Br)C(C)=O.